The van der Waals surface area contributed by atoms with Crippen molar-refractivity contribution >= 4 is 0 Å². The Kier molecular flexibility index (Phi) is 2.93. The molecule has 2 aromatic carbocycles. The Hall–Kier alpha value is -2.04. The van der Waals surface area contributed by atoms with Crippen molar-refractivity contribution in [2.24, 2.45) is 0 Å². The molecule has 2 N–H and O–H groups in total. The second-order valence-corrected chi connectivity index (χ2v) is 5.86. The van der Waals surface area contributed by atoms with Gasteiger partial charge in [-0.05, 0) is 23.3 Å². The lowest BCUT2D eigenvalue weighted by Crippen LogP contribution is -2.47. The summed E-state index contributed by atoms with van der Waals surface area (Å²) in [5, 5.41) is 21.2. The summed E-state index contributed by atoms with van der Waals surface area (Å²) in [5.74, 6) is 0.866. The van der Waals surface area contributed by atoms with Gasteiger partial charge in [-0.25, -0.2) is 0 Å². The number of aliphatic hydroxyl groups is 2. The molecule has 5 rings (SSSR count). The number of fused-ring (bicyclic) bond motifs is 1. The molecule has 2 aromatic rings. The first-order chi connectivity index (χ1) is 10.7. The SMILES string of the molecule is COc1ccc(OC)c2c1[C@H]1c3ccccc3[C@@H]2[C@H](O)[C@@H]1O. The number of aliphatic hydroxyl groups excluding tert-OH is 2. The van der Waals surface area contributed by atoms with Crippen molar-refractivity contribution in [2.45, 2.75) is 24.0 Å². The second kappa shape index (κ2) is 4.73. The first-order valence-electron chi connectivity index (χ1n) is 7.38. The molecule has 3 aliphatic carbocycles. The molecule has 4 atom stereocenters. The number of hydrogen-bond donors (Lipinski definition) is 2. The van der Waals surface area contributed by atoms with Crippen molar-refractivity contribution in [1.29, 1.82) is 0 Å². The predicted octanol–water partition coefficient (Wildman–Crippen LogP) is 2.02. The maximum absolute atomic E-state index is 10.6. The van der Waals surface area contributed by atoms with E-state index in [0.717, 1.165) is 33.8 Å². The molecule has 0 heterocycles. The topological polar surface area (TPSA) is 58.9 Å². The molecule has 0 fully saturated rings. The van der Waals surface area contributed by atoms with Crippen LogP contribution in [0.25, 0.3) is 0 Å². The molecular weight excluding hydrogens is 280 g/mol. The molecule has 3 aliphatic rings. The van der Waals surface area contributed by atoms with Crippen LogP contribution in [0, 0.1) is 0 Å². The number of methoxy groups -OCH3 is 2. The average Bonchev–Trinajstić information content (AvgIpc) is 2.56. The summed E-state index contributed by atoms with van der Waals surface area (Å²) in [6.45, 7) is 0. The van der Waals surface area contributed by atoms with Crippen LogP contribution in [0.15, 0.2) is 36.4 Å². The Morgan fingerprint density at radius 2 is 1.14 bits per heavy atom. The highest BCUT2D eigenvalue weighted by atomic mass is 16.5. The summed E-state index contributed by atoms with van der Waals surface area (Å²) < 4.78 is 11.0. The van der Waals surface area contributed by atoms with E-state index < -0.39 is 12.2 Å². The van der Waals surface area contributed by atoms with E-state index in [2.05, 4.69) is 0 Å². The molecule has 0 saturated heterocycles. The molecule has 22 heavy (non-hydrogen) atoms. The fourth-order valence-electron chi connectivity index (χ4n) is 4.09. The van der Waals surface area contributed by atoms with Gasteiger partial charge in [0.15, 0.2) is 0 Å². The van der Waals surface area contributed by atoms with Crippen LogP contribution in [0.5, 0.6) is 11.5 Å². The van der Waals surface area contributed by atoms with Crippen LogP contribution < -0.4 is 9.47 Å². The van der Waals surface area contributed by atoms with Crippen LogP contribution in [0.2, 0.25) is 0 Å². The Morgan fingerprint density at radius 1 is 0.727 bits per heavy atom. The third-order valence-corrected chi connectivity index (χ3v) is 4.97. The zero-order valence-corrected chi connectivity index (χ0v) is 12.5. The molecule has 0 radical (unpaired) electrons. The number of benzene rings is 2. The quantitative estimate of drug-likeness (QED) is 0.890. The van der Waals surface area contributed by atoms with Crippen LogP contribution in [0.3, 0.4) is 0 Å². The molecule has 4 heteroatoms. The van der Waals surface area contributed by atoms with Gasteiger partial charge in [0.1, 0.15) is 11.5 Å². The fraction of sp³-hybridized carbons (Fsp3) is 0.333. The molecule has 0 amide bonds. The summed E-state index contributed by atoms with van der Waals surface area (Å²) in [5.41, 5.74) is 3.99. The number of rotatable bonds is 2. The van der Waals surface area contributed by atoms with Crippen LogP contribution in [-0.4, -0.2) is 36.6 Å². The summed E-state index contributed by atoms with van der Waals surface area (Å²) in [6, 6.07) is 11.7. The van der Waals surface area contributed by atoms with Gasteiger partial charge in [-0.3, -0.25) is 0 Å². The molecule has 0 saturated carbocycles. The number of ether oxygens (including phenoxy) is 2. The van der Waals surface area contributed by atoms with Gasteiger partial charge in [0, 0.05) is 23.0 Å². The third-order valence-electron chi connectivity index (χ3n) is 4.97. The predicted molar refractivity (Wildman–Crippen MR) is 81.7 cm³/mol. The van der Waals surface area contributed by atoms with Crippen molar-refractivity contribution in [3.05, 3.63) is 58.7 Å². The monoisotopic (exact) mass is 298 g/mol. The smallest absolute Gasteiger partial charge is 0.123 e. The van der Waals surface area contributed by atoms with Crippen molar-refractivity contribution in [3.63, 3.8) is 0 Å². The molecule has 2 bridgehead atoms. The Morgan fingerprint density at radius 3 is 1.50 bits per heavy atom. The van der Waals surface area contributed by atoms with Gasteiger partial charge in [-0.15, -0.1) is 0 Å². The van der Waals surface area contributed by atoms with Crippen LogP contribution >= 0.6 is 0 Å². The highest BCUT2D eigenvalue weighted by molar-refractivity contribution is 5.65. The maximum atomic E-state index is 10.6. The first kappa shape index (κ1) is 13.6. The van der Waals surface area contributed by atoms with Crippen molar-refractivity contribution in [1.82, 2.24) is 0 Å². The second-order valence-electron chi connectivity index (χ2n) is 5.86. The van der Waals surface area contributed by atoms with E-state index in [9.17, 15) is 10.2 Å². The molecule has 114 valence electrons. The lowest BCUT2D eigenvalue weighted by Gasteiger charge is -2.47. The van der Waals surface area contributed by atoms with Gasteiger partial charge in [0.25, 0.3) is 0 Å². The zero-order chi connectivity index (χ0) is 15.4. The van der Waals surface area contributed by atoms with Crippen molar-refractivity contribution in [3.8, 4) is 11.5 Å². The summed E-state index contributed by atoms with van der Waals surface area (Å²) in [6.07, 6.45) is -1.68. The minimum Gasteiger partial charge on any atom is -0.496 e. The largest absolute Gasteiger partial charge is 0.496 e. The summed E-state index contributed by atoms with van der Waals surface area (Å²) in [7, 11) is 3.25. The van der Waals surface area contributed by atoms with E-state index in [1.165, 1.54) is 0 Å². The fourth-order valence-corrected chi connectivity index (χ4v) is 4.09. The zero-order valence-electron chi connectivity index (χ0n) is 12.5. The van der Waals surface area contributed by atoms with Crippen molar-refractivity contribution < 1.29 is 19.7 Å². The van der Waals surface area contributed by atoms with Crippen LogP contribution in [-0.2, 0) is 0 Å². The van der Waals surface area contributed by atoms with Gasteiger partial charge in [0.05, 0.1) is 26.4 Å². The minimum atomic E-state index is -0.839. The van der Waals surface area contributed by atoms with E-state index in [4.69, 9.17) is 9.47 Å². The third kappa shape index (κ3) is 1.54. The molecule has 4 nitrogen and oxygen atoms in total. The Labute approximate surface area is 128 Å². The minimum absolute atomic E-state index is 0.295. The van der Waals surface area contributed by atoms with Gasteiger partial charge in [-0.1, -0.05) is 24.3 Å². The normalized spacial score (nSPS) is 28.0. The molecular formula is C18H18O4. The standard InChI is InChI=1S/C18H18O4/c1-21-11-7-8-12(22-2)16-14-10-6-4-3-5-9(10)13(15(11)16)17(19)18(14)20/h3-8,13-14,17-20H,1-2H3/t13-,14+,17-,18+. The van der Waals surface area contributed by atoms with Crippen LogP contribution in [0.4, 0.5) is 0 Å². The summed E-state index contributed by atoms with van der Waals surface area (Å²) >= 11 is 0. The van der Waals surface area contributed by atoms with Gasteiger partial charge >= 0.3 is 0 Å². The van der Waals surface area contributed by atoms with Gasteiger partial charge in [-0.2, -0.15) is 0 Å². The lowest BCUT2D eigenvalue weighted by atomic mass is 9.60. The molecule has 0 aromatic heterocycles. The van der Waals surface area contributed by atoms with Crippen LogP contribution in [0.1, 0.15) is 34.1 Å². The van der Waals surface area contributed by atoms with Crippen molar-refractivity contribution in [2.75, 3.05) is 14.2 Å². The van der Waals surface area contributed by atoms with E-state index in [0.29, 0.717) is 0 Å². The van der Waals surface area contributed by atoms with E-state index >= 15 is 0 Å². The van der Waals surface area contributed by atoms with E-state index in [1.807, 2.05) is 36.4 Å². The maximum Gasteiger partial charge on any atom is 0.123 e. The summed E-state index contributed by atoms with van der Waals surface area (Å²) in [4.78, 5) is 0. The Bertz CT molecular complexity index is 678. The van der Waals surface area contributed by atoms with Gasteiger partial charge in [0.2, 0.25) is 0 Å². The highest BCUT2D eigenvalue weighted by Gasteiger charge is 2.51. The average molecular weight is 298 g/mol. The molecule has 0 aliphatic heterocycles. The van der Waals surface area contributed by atoms with E-state index in [1.54, 1.807) is 14.2 Å². The van der Waals surface area contributed by atoms with E-state index in [-0.39, 0.29) is 11.8 Å². The Balaban J connectivity index is 2.08. The lowest BCUT2D eigenvalue weighted by molar-refractivity contribution is -0.0165. The molecule has 0 spiro atoms. The highest BCUT2D eigenvalue weighted by Crippen LogP contribution is 2.57. The molecule has 0 unspecified atom stereocenters. The number of hydrogen-bond acceptors (Lipinski definition) is 4. The first-order valence-corrected chi connectivity index (χ1v) is 7.38. The van der Waals surface area contributed by atoms with Gasteiger partial charge < -0.3 is 19.7 Å².